The first kappa shape index (κ1) is 25.5. The Morgan fingerprint density at radius 1 is 1.05 bits per heavy atom. The number of carbonyl (C=O) groups excluding carboxylic acids is 3. The Balaban J connectivity index is 1.56. The average Bonchev–Trinajstić information content (AvgIpc) is 3.43. The second-order valence-electron chi connectivity index (χ2n) is 9.02. The van der Waals surface area contributed by atoms with Gasteiger partial charge in [0.05, 0.1) is 24.6 Å². The number of hydrogen-bond acceptors (Lipinski definition) is 6. The fourth-order valence-corrected chi connectivity index (χ4v) is 5.05. The summed E-state index contributed by atoms with van der Waals surface area (Å²) >= 11 is 3.42. The largest absolute Gasteiger partial charge is 0.503 e. The zero-order valence-corrected chi connectivity index (χ0v) is 22.3. The predicted molar refractivity (Wildman–Crippen MR) is 146 cm³/mol. The van der Waals surface area contributed by atoms with E-state index in [0.29, 0.717) is 34.4 Å². The first-order valence-electron chi connectivity index (χ1n) is 12.1. The first-order valence-corrected chi connectivity index (χ1v) is 12.9. The number of furan rings is 1. The maximum Gasteiger partial charge on any atom is 0.310 e. The monoisotopic (exact) mass is 573 g/mol. The van der Waals surface area contributed by atoms with Crippen molar-refractivity contribution >= 4 is 50.2 Å². The molecule has 1 aliphatic rings. The molecule has 1 unspecified atom stereocenters. The zero-order valence-electron chi connectivity index (χ0n) is 20.7. The number of amides is 1. The molecule has 1 N–H and O–H groups in total. The van der Waals surface area contributed by atoms with E-state index in [9.17, 15) is 19.5 Å². The summed E-state index contributed by atoms with van der Waals surface area (Å²) in [5.74, 6) is -2.22. The first-order chi connectivity index (χ1) is 18.3. The van der Waals surface area contributed by atoms with Crippen LogP contribution in [0.3, 0.4) is 0 Å². The van der Waals surface area contributed by atoms with Gasteiger partial charge in [0.25, 0.3) is 5.91 Å². The number of Topliss-reactive ketones (excluding diaryl/α,β-unsaturated/α-hetero) is 1. The molecule has 0 aliphatic carbocycles. The number of halogens is 1. The summed E-state index contributed by atoms with van der Waals surface area (Å²) in [7, 11) is 0. The van der Waals surface area contributed by atoms with Crippen LogP contribution in [0, 0.1) is 6.92 Å². The van der Waals surface area contributed by atoms with Gasteiger partial charge in [0.1, 0.15) is 5.58 Å². The normalized spacial score (nSPS) is 15.4. The Labute approximate surface area is 227 Å². The number of aliphatic hydroxyl groups is 1. The van der Waals surface area contributed by atoms with Crippen LogP contribution in [0.2, 0.25) is 0 Å². The molecule has 1 aromatic heterocycles. The molecule has 0 saturated carbocycles. The highest BCUT2D eigenvalue weighted by atomic mass is 79.9. The van der Waals surface area contributed by atoms with Crippen molar-refractivity contribution in [2.75, 3.05) is 11.5 Å². The molecule has 0 fully saturated rings. The molecule has 8 heteroatoms. The van der Waals surface area contributed by atoms with Crippen LogP contribution in [0.15, 0.2) is 93.0 Å². The topological polar surface area (TPSA) is 97.0 Å². The molecule has 0 spiro atoms. The highest BCUT2D eigenvalue weighted by Gasteiger charge is 2.45. The molecule has 1 amide bonds. The summed E-state index contributed by atoms with van der Waals surface area (Å²) in [5.41, 5.74) is 3.24. The lowest BCUT2D eigenvalue weighted by molar-refractivity contribution is -0.142. The quantitative estimate of drug-likeness (QED) is 0.203. The Morgan fingerprint density at radius 2 is 1.82 bits per heavy atom. The third kappa shape index (κ3) is 4.75. The van der Waals surface area contributed by atoms with Gasteiger partial charge in [-0.25, -0.2) is 0 Å². The van der Waals surface area contributed by atoms with Crippen LogP contribution >= 0.6 is 15.9 Å². The molecule has 0 saturated heterocycles. The molecule has 192 valence electrons. The van der Waals surface area contributed by atoms with Crippen LogP contribution in [-0.4, -0.2) is 29.4 Å². The van der Waals surface area contributed by atoms with E-state index in [1.807, 2.05) is 37.3 Å². The second-order valence-corrected chi connectivity index (χ2v) is 9.94. The van der Waals surface area contributed by atoms with E-state index in [-0.39, 0.29) is 23.7 Å². The van der Waals surface area contributed by atoms with E-state index in [1.54, 1.807) is 49.4 Å². The third-order valence-electron chi connectivity index (χ3n) is 6.38. The maximum atomic E-state index is 13.8. The van der Waals surface area contributed by atoms with Crippen molar-refractivity contribution in [3.8, 4) is 0 Å². The number of nitrogens with zero attached hydrogens (tertiary/aromatic N) is 1. The molecule has 1 aliphatic heterocycles. The fraction of sp³-hybridized carbons (Fsp3) is 0.167. The van der Waals surface area contributed by atoms with Crippen molar-refractivity contribution in [3.05, 3.63) is 111 Å². The minimum Gasteiger partial charge on any atom is -0.503 e. The summed E-state index contributed by atoms with van der Waals surface area (Å²) in [5, 5.41) is 11.7. The molecule has 7 nitrogen and oxygen atoms in total. The lowest BCUT2D eigenvalue weighted by atomic mass is 9.93. The number of aryl methyl sites for hydroxylation is 1. The Morgan fingerprint density at radius 3 is 2.53 bits per heavy atom. The van der Waals surface area contributed by atoms with Crippen molar-refractivity contribution in [2.24, 2.45) is 0 Å². The van der Waals surface area contributed by atoms with Crippen LogP contribution in [0.4, 0.5) is 5.69 Å². The van der Waals surface area contributed by atoms with Crippen LogP contribution in [0.5, 0.6) is 0 Å². The van der Waals surface area contributed by atoms with Gasteiger partial charge in [-0.15, -0.1) is 0 Å². The number of benzene rings is 3. The van der Waals surface area contributed by atoms with E-state index in [4.69, 9.17) is 9.15 Å². The second kappa shape index (κ2) is 10.3. The number of aliphatic hydroxyl groups excluding tert-OH is 1. The highest BCUT2D eigenvalue weighted by molar-refractivity contribution is 9.10. The number of fused-ring (bicyclic) bond motifs is 1. The van der Waals surface area contributed by atoms with Crippen LogP contribution in [-0.2, 0) is 20.7 Å². The molecule has 0 bridgehead atoms. The van der Waals surface area contributed by atoms with Gasteiger partial charge in [0.2, 0.25) is 5.78 Å². The number of hydrogen-bond donors (Lipinski definition) is 1. The van der Waals surface area contributed by atoms with Crippen molar-refractivity contribution < 1.29 is 28.6 Å². The Kier molecular flexibility index (Phi) is 6.91. The number of ketones is 1. The number of esters is 1. The maximum absolute atomic E-state index is 13.8. The molecule has 3 aromatic carbocycles. The predicted octanol–water partition coefficient (Wildman–Crippen LogP) is 6.39. The van der Waals surface area contributed by atoms with Gasteiger partial charge in [0.15, 0.2) is 11.5 Å². The lowest BCUT2D eigenvalue weighted by Crippen LogP contribution is -2.31. The molecule has 1 atom stereocenters. The summed E-state index contributed by atoms with van der Waals surface area (Å²) in [6, 6.07) is 20.4. The number of anilines is 1. The van der Waals surface area contributed by atoms with Crippen molar-refractivity contribution in [3.63, 3.8) is 0 Å². The van der Waals surface area contributed by atoms with E-state index >= 15 is 0 Å². The van der Waals surface area contributed by atoms with E-state index in [1.165, 1.54) is 4.90 Å². The van der Waals surface area contributed by atoms with Gasteiger partial charge in [-0.1, -0.05) is 57.9 Å². The summed E-state index contributed by atoms with van der Waals surface area (Å²) in [4.78, 5) is 40.5. The average molecular weight is 574 g/mol. The fourth-order valence-electron chi connectivity index (χ4n) is 4.67. The molecule has 4 aromatic rings. The SMILES string of the molecule is CCOC(=O)Cc1ccc(N2C(=O)C(O)=C(C(=O)c3cc4cc(Br)ccc4o3)C2c2cccc(C)c2)cc1. The van der Waals surface area contributed by atoms with Crippen molar-refractivity contribution in [2.45, 2.75) is 26.3 Å². The summed E-state index contributed by atoms with van der Waals surface area (Å²) in [6.45, 7) is 3.95. The van der Waals surface area contributed by atoms with Crippen LogP contribution < -0.4 is 4.90 Å². The van der Waals surface area contributed by atoms with Crippen LogP contribution in [0.25, 0.3) is 11.0 Å². The molecule has 0 radical (unpaired) electrons. The number of ether oxygens (including phenoxy) is 1. The van der Waals surface area contributed by atoms with E-state index in [0.717, 1.165) is 10.0 Å². The van der Waals surface area contributed by atoms with Gasteiger partial charge in [-0.2, -0.15) is 0 Å². The standard InChI is InChI=1S/C30H24BrNO6/c1-3-37-25(33)14-18-7-10-22(11-8-18)32-27(19-6-4-5-17(2)13-19)26(29(35)30(32)36)28(34)24-16-20-15-21(31)9-12-23(20)38-24/h4-13,15-16,27,35H,3,14H2,1-2H3. The molecule has 2 heterocycles. The van der Waals surface area contributed by atoms with Gasteiger partial charge in [-0.3, -0.25) is 19.3 Å². The zero-order chi connectivity index (χ0) is 27.0. The highest BCUT2D eigenvalue weighted by Crippen LogP contribution is 2.42. The molecular formula is C30H24BrNO6. The Bertz CT molecular complexity index is 1600. The minimum atomic E-state index is -0.884. The molecule has 5 rings (SSSR count). The molecule has 38 heavy (non-hydrogen) atoms. The van der Waals surface area contributed by atoms with Crippen molar-refractivity contribution in [1.82, 2.24) is 0 Å². The lowest BCUT2D eigenvalue weighted by Gasteiger charge is -2.27. The van der Waals surface area contributed by atoms with Crippen molar-refractivity contribution in [1.29, 1.82) is 0 Å². The minimum absolute atomic E-state index is 0.0248. The number of carbonyl (C=O) groups is 3. The Hall–Kier alpha value is -4.17. The van der Waals surface area contributed by atoms with Gasteiger partial charge >= 0.3 is 5.97 Å². The van der Waals surface area contributed by atoms with Gasteiger partial charge in [0, 0.05) is 15.5 Å². The third-order valence-corrected chi connectivity index (χ3v) is 6.87. The number of rotatable bonds is 7. The van der Waals surface area contributed by atoms with Gasteiger partial charge in [-0.05, 0) is 61.4 Å². The van der Waals surface area contributed by atoms with Crippen LogP contribution in [0.1, 0.15) is 40.2 Å². The summed E-state index contributed by atoms with van der Waals surface area (Å²) < 4.78 is 11.7. The smallest absolute Gasteiger partial charge is 0.310 e. The van der Waals surface area contributed by atoms with E-state index in [2.05, 4.69) is 15.9 Å². The molecular weight excluding hydrogens is 550 g/mol. The summed E-state index contributed by atoms with van der Waals surface area (Å²) in [6.07, 6.45) is 0.0960. The van der Waals surface area contributed by atoms with Gasteiger partial charge < -0.3 is 14.3 Å². The van der Waals surface area contributed by atoms with E-state index < -0.39 is 23.5 Å².